The molecule has 2 rings (SSSR count). The number of methoxy groups -OCH3 is 1. The second kappa shape index (κ2) is 10.9. The average Bonchev–Trinajstić information content (AvgIpc) is 3.03. The van der Waals surface area contributed by atoms with Crippen molar-refractivity contribution >= 4 is 39.7 Å². The molecule has 2 aromatic rings. The average molecular weight is 421 g/mol. The smallest absolute Gasteiger partial charge is 0.175 e. The Labute approximate surface area is 156 Å². The van der Waals surface area contributed by atoms with Gasteiger partial charge in [0.05, 0.1) is 11.6 Å². The number of thiophene rings is 1. The van der Waals surface area contributed by atoms with Crippen molar-refractivity contribution in [1.29, 1.82) is 0 Å². The van der Waals surface area contributed by atoms with Crippen molar-refractivity contribution < 1.29 is 9.47 Å². The van der Waals surface area contributed by atoms with Crippen LogP contribution in [-0.2, 0) is 13.2 Å². The third kappa shape index (κ3) is 6.34. The lowest BCUT2D eigenvalue weighted by molar-refractivity contribution is 0.285. The molecule has 0 fully saturated rings. The van der Waals surface area contributed by atoms with Crippen LogP contribution in [0.25, 0.3) is 0 Å². The molecule has 1 N–H and O–H groups in total. The maximum Gasteiger partial charge on any atom is 0.175 e. The van der Waals surface area contributed by atoms with E-state index in [0.717, 1.165) is 29.1 Å². The van der Waals surface area contributed by atoms with Gasteiger partial charge in [0.25, 0.3) is 0 Å². The number of nitrogens with one attached hydrogen (secondary N) is 1. The number of rotatable bonds is 9. The summed E-state index contributed by atoms with van der Waals surface area (Å²) in [5.74, 6) is 1.52. The molecule has 0 atom stereocenters. The molecule has 0 amide bonds. The lowest BCUT2D eigenvalue weighted by Gasteiger charge is -2.14. The zero-order valence-electron chi connectivity index (χ0n) is 13.4. The molecule has 6 heteroatoms. The lowest BCUT2D eigenvalue weighted by Crippen LogP contribution is -2.14. The van der Waals surface area contributed by atoms with Gasteiger partial charge in [-0.2, -0.15) is 0 Å². The molecule has 0 radical (unpaired) electrons. The van der Waals surface area contributed by atoms with E-state index in [2.05, 4.69) is 45.7 Å². The Kier molecular flexibility index (Phi) is 9.63. The summed E-state index contributed by atoms with van der Waals surface area (Å²) >= 11 is 5.29. The van der Waals surface area contributed by atoms with Crippen LogP contribution in [0, 0.1) is 0 Å². The van der Waals surface area contributed by atoms with E-state index < -0.39 is 0 Å². The summed E-state index contributed by atoms with van der Waals surface area (Å²) in [6, 6.07) is 8.22. The third-order valence-electron chi connectivity index (χ3n) is 3.26. The Morgan fingerprint density at radius 1 is 1.30 bits per heavy atom. The maximum absolute atomic E-state index is 5.92. The Hall–Kier alpha value is -0.750. The van der Waals surface area contributed by atoms with Gasteiger partial charge in [-0.3, -0.25) is 0 Å². The number of halogens is 2. The molecule has 0 saturated heterocycles. The molecule has 23 heavy (non-hydrogen) atoms. The van der Waals surface area contributed by atoms with Crippen LogP contribution in [0.4, 0.5) is 0 Å². The molecular formula is C17H23BrClNO2S. The van der Waals surface area contributed by atoms with Crippen molar-refractivity contribution in [3.05, 3.63) is 44.6 Å². The van der Waals surface area contributed by atoms with Crippen LogP contribution in [0.5, 0.6) is 11.5 Å². The highest BCUT2D eigenvalue weighted by Gasteiger charge is 2.12. The highest BCUT2D eigenvalue weighted by molar-refractivity contribution is 9.10. The van der Waals surface area contributed by atoms with Crippen molar-refractivity contribution in [2.75, 3.05) is 13.7 Å². The Morgan fingerprint density at radius 3 is 2.78 bits per heavy atom. The van der Waals surface area contributed by atoms with Crippen LogP contribution >= 0.6 is 39.7 Å². The summed E-state index contributed by atoms with van der Waals surface area (Å²) in [5, 5.41) is 5.49. The Bertz CT molecular complexity index is 578. The zero-order chi connectivity index (χ0) is 15.8. The van der Waals surface area contributed by atoms with Crippen LogP contribution in [0.1, 0.15) is 30.2 Å². The van der Waals surface area contributed by atoms with Crippen molar-refractivity contribution in [3.63, 3.8) is 0 Å². The molecule has 0 saturated carbocycles. The first-order chi connectivity index (χ1) is 10.7. The van der Waals surface area contributed by atoms with Gasteiger partial charge < -0.3 is 14.8 Å². The van der Waals surface area contributed by atoms with Crippen LogP contribution in [0.3, 0.4) is 0 Å². The number of hydrogen-bond donors (Lipinski definition) is 1. The van der Waals surface area contributed by atoms with Gasteiger partial charge in [0.2, 0.25) is 0 Å². The molecule has 1 aromatic heterocycles. The molecule has 0 unspecified atom stereocenters. The monoisotopic (exact) mass is 419 g/mol. The van der Waals surface area contributed by atoms with Crippen molar-refractivity contribution in [2.45, 2.75) is 32.9 Å². The van der Waals surface area contributed by atoms with E-state index in [1.807, 2.05) is 12.1 Å². The quantitative estimate of drug-likeness (QED) is 0.550. The number of unbranched alkanes of at least 4 members (excludes halogenated alkanes) is 1. The number of benzene rings is 1. The van der Waals surface area contributed by atoms with E-state index >= 15 is 0 Å². The second-order valence-corrected chi connectivity index (χ2v) is 6.89. The van der Waals surface area contributed by atoms with Gasteiger partial charge in [0.1, 0.15) is 6.61 Å². The lowest BCUT2D eigenvalue weighted by atomic mass is 10.2. The van der Waals surface area contributed by atoms with Gasteiger partial charge in [-0.05, 0) is 58.0 Å². The van der Waals surface area contributed by atoms with Crippen molar-refractivity contribution in [3.8, 4) is 11.5 Å². The fourth-order valence-corrected chi connectivity index (χ4v) is 3.31. The van der Waals surface area contributed by atoms with E-state index in [9.17, 15) is 0 Å². The first-order valence-corrected chi connectivity index (χ1v) is 9.14. The van der Waals surface area contributed by atoms with Crippen LogP contribution in [0.2, 0.25) is 0 Å². The topological polar surface area (TPSA) is 30.5 Å². The van der Waals surface area contributed by atoms with Crippen molar-refractivity contribution in [1.82, 2.24) is 5.32 Å². The zero-order valence-corrected chi connectivity index (χ0v) is 16.7. The predicted octanol–water partition coefficient (Wildman–Crippen LogP) is 5.41. The molecule has 0 aliphatic rings. The van der Waals surface area contributed by atoms with Crippen LogP contribution < -0.4 is 14.8 Å². The largest absolute Gasteiger partial charge is 0.493 e. The van der Waals surface area contributed by atoms with Gasteiger partial charge >= 0.3 is 0 Å². The first kappa shape index (κ1) is 20.3. The summed E-state index contributed by atoms with van der Waals surface area (Å²) in [4.78, 5) is 1.19. The van der Waals surface area contributed by atoms with Gasteiger partial charge in [0, 0.05) is 11.4 Å². The minimum absolute atomic E-state index is 0. The minimum Gasteiger partial charge on any atom is -0.493 e. The molecule has 1 aromatic carbocycles. The molecule has 1 heterocycles. The molecule has 0 spiro atoms. The molecule has 0 aliphatic heterocycles. The maximum atomic E-state index is 5.92. The van der Waals surface area contributed by atoms with E-state index in [1.165, 1.54) is 23.3 Å². The summed E-state index contributed by atoms with van der Waals surface area (Å²) in [6.45, 7) is 4.62. The fourth-order valence-electron chi connectivity index (χ4n) is 2.09. The highest BCUT2D eigenvalue weighted by atomic mass is 79.9. The molecular weight excluding hydrogens is 398 g/mol. The van der Waals surface area contributed by atoms with Crippen LogP contribution in [0.15, 0.2) is 34.1 Å². The standard InChI is InChI=1S/C17H22BrNO2S.ClH/c1-3-4-7-19-11-13-9-15(18)17(16(10-13)20-2)21-12-14-6-5-8-22-14;/h5-6,8-10,19H,3-4,7,11-12H2,1-2H3;1H. The Morgan fingerprint density at radius 2 is 2.13 bits per heavy atom. The summed E-state index contributed by atoms with van der Waals surface area (Å²) in [7, 11) is 1.67. The SMILES string of the molecule is CCCCNCc1cc(Br)c(OCc2cccs2)c(OC)c1.Cl. The van der Waals surface area contributed by atoms with Gasteiger partial charge in [-0.1, -0.05) is 19.4 Å². The van der Waals surface area contributed by atoms with Gasteiger partial charge in [0.15, 0.2) is 11.5 Å². The molecule has 0 bridgehead atoms. The molecule has 128 valence electrons. The summed E-state index contributed by atoms with van der Waals surface area (Å²) < 4.78 is 12.3. The normalized spacial score (nSPS) is 10.2. The number of ether oxygens (including phenoxy) is 2. The van der Waals surface area contributed by atoms with Crippen molar-refractivity contribution in [2.24, 2.45) is 0 Å². The van der Waals surface area contributed by atoms with E-state index in [4.69, 9.17) is 9.47 Å². The molecule has 3 nitrogen and oxygen atoms in total. The highest BCUT2D eigenvalue weighted by Crippen LogP contribution is 2.37. The fraction of sp³-hybridized carbons (Fsp3) is 0.412. The van der Waals surface area contributed by atoms with E-state index in [-0.39, 0.29) is 12.4 Å². The minimum atomic E-state index is 0. The van der Waals surface area contributed by atoms with Gasteiger partial charge in [-0.25, -0.2) is 0 Å². The van der Waals surface area contributed by atoms with Crippen LogP contribution in [-0.4, -0.2) is 13.7 Å². The predicted molar refractivity (Wildman–Crippen MR) is 103 cm³/mol. The summed E-state index contributed by atoms with van der Waals surface area (Å²) in [6.07, 6.45) is 2.40. The van der Waals surface area contributed by atoms with E-state index in [0.29, 0.717) is 6.61 Å². The Balaban J connectivity index is 0.00000264. The third-order valence-corrected chi connectivity index (χ3v) is 4.70. The number of hydrogen-bond acceptors (Lipinski definition) is 4. The first-order valence-electron chi connectivity index (χ1n) is 7.47. The van der Waals surface area contributed by atoms with Gasteiger partial charge in [-0.15, -0.1) is 23.7 Å². The second-order valence-electron chi connectivity index (χ2n) is 5.01. The summed E-state index contributed by atoms with van der Waals surface area (Å²) in [5.41, 5.74) is 1.18. The molecule has 0 aliphatic carbocycles. The van der Waals surface area contributed by atoms with E-state index in [1.54, 1.807) is 18.4 Å².